The molecule has 0 unspecified atom stereocenters. The van der Waals surface area contributed by atoms with Gasteiger partial charge in [0.2, 0.25) is 0 Å². The van der Waals surface area contributed by atoms with Gasteiger partial charge in [0, 0.05) is 34.9 Å². The van der Waals surface area contributed by atoms with Gasteiger partial charge in [-0.3, -0.25) is 0 Å². The summed E-state index contributed by atoms with van der Waals surface area (Å²) in [5.41, 5.74) is 0.531. The number of amides is 3. The van der Waals surface area contributed by atoms with Crippen molar-refractivity contribution in [2.75, 3.05) is 18.4 Å². The van der Waals surface area contributed by atoms with Crippen molar-refractivity contribution in [3.8, 4) is 0 Å². The molecule has 0 radical (unpaired) electrons. The molecule has 114 valence electrons. The van der Waals surface area contributed by atoms with Crippen LogP contribution in [0.4, 0.5) is 15.3 Å². The Morgan fingerprint density at radius 3 is 2.24 bits per heavy atom. The van der Waals surface area contributed by atoms with Gasteiger partial charge in [0.05, 0.1) is 0 Å². The minimum absolute atomic E-state index is 0.104. The van der Waals surface area contributed by atoms with Gasteiger partial charge in [-0.25, -0.2) is 9.59 Å². The minimum atomic E-state index is -1.04. The first-order chi connectivity index (χ1) is 9.94. The zero-order chi connectivity index (χ0) is 15.4. The number of carboxylic acid groups (broad SMARTS) is 1. The van der Waals surface area contributed by atoms with Crippen LogP contribution in [0.25, 0.3) is 0 Å². The molecule has 1 fully saturated rings. The van der Waals surface area contributed by atoms with Gasteiger partial charge in [-0.15, -0.1) is 0 Å². The number of likely N-dealkylation sites (tertiary alicyclic amines) is 1. The summed E-state index contributed by atoms with van der Waals surface area (Å²) in [5, 5.41) is 14.7. The van der Waals surface area contributed by atoms with Gasteiger partial charge >= 0.3 is 12.1 Å². The van der Waals surface area contributed by atoms with Crippen LogP contribution in [-0.4, -0.2) is 41.3 Å². The van der Waals surface area contributed by atoms with E-state index in [2.05, 4.69) is 10.6 Å². The Morgan fingerprint density at radius 1 is 1.14 bits per heavy atom. The van der Waals surface area contributed by atoms with Crippen molar-refractivity contribution < 1.29 is 14.7 Å². The maximum Gasteiger partial charge on any atom is 0.404 e. The molecule has 6 nitrogen and oxygen atoms in total. The number of hydrogen-bond donors (Lipinski definition) is 3. The quantitative estimate of drug-likeness (QED) is 0.777. The summed E-state index contributed by atoms with van der Waals surface area (Å²) >= 11 is 11.7. The number of carbonyl (C=O) groups excluding carboxylic acids is 1. The van der Waals surface area contributed by atoms with Gasteiger partial charge in [0.25, 0.3) is 0 Å². The molecular weight excluding hydrogens is 317 g/mol. The second-order valence-electron chi connectivity index (χ2n) is 4.80. The zero-order valence-electron chi connectivity index (χ0n) is 11.1. The first kappa shape index (κ1) is 15.7. The predicted molar refractivity (Wildman–Crippen MR) is 81.2 cm³/mol. The normalized spacial score (nSPS) is 15.6. The highest BCUT2D eigenvalue weighted by atomic mass is 35.5. The zero-order valence-corrected chi connectivity index (χ0v) is 12.6. The SMILES string of the molecule is O=C(O)NC1CCN(C(=O)Nc2cc(Cl)cc(Cl)c2)CC1. The number of carbonyl (C=O) groups is 2. The molecule has 3 N–H and O–H groups in total. The highest BCUT2D eigenvalue weighted by molar-refractivity contribution is 6.35. The highest BCUT2D eigenvalue weighted by Gasteiger charge is 2.23. The number of benzene rings is 1. The fourth-order valence-electron chi connectivity index (χ4n) is 2.23. The molecule has 0 saturated carbocycles. The first-order valence-electron chi connectivity index (χ1n) is 6.45. The van der Waals surface area contributed by atoms with Crippen LogP contribution in [0.15, 0.2) is 18.2 Å². The summed E-state index contributed by atoms with van der Waals surface area (Å²) in [5.74, 6) is 0. The molecular formula is C13H15Cl2N3O3. The fourth-order valence-corrected chi connectivity index (χ4v) is 2.76. The average molecular weight is 332 g/mol. The fraction of sp³-hybridized carbons (Fsp3) is 0.385. The smallest absolute Gasteiger partial charge is 0.404 e. The van der Waals surface area contributed by atoms with Crippen molar-refractivity contribution in [2.45, 2.75) is 18.9 Å². The van der Waals surface area contributed by atoms with Crippen LogP contribution in [0.1, 0.15) is 12.8 Å². The van der Waals surface area contributed by atoms with E-state index in [0.717, 1.165) is 0 Å². The van der Waals surface area contributed by atoms with Crippen LogP contribution in [0, 0.1) is 0 Å². The maximum absolute atomic E-state index is 12.1. The van der Waals surface area contributed by atoms with Gasteiger partial charge in [-0.1, -0.05) is 23.2 Å². The molecule has 0 atom stereocenters. The Hall–Kier alpha value is -1.66. The van der Waals surface area contributed by atoms with Crippen molar-refractivity contribution in [3.05, 3.63) is 28.2 Å². The monoisotopic (exact) mass is 331 g/mol. The topological polar surface area (TPSA) is 81.7 Å². The van der Waals surface area contributed by atoms with E-state index in [1.807, 2.05) is 0 Å². The van der Waals surface area contributed by atoms with Crippen LogP contribution in [0.2, 0.25) is 10.0 Å². The summed E-state index contributed by atoms with van der Waals surface area (Å²) in [6.07, 6.45) is 0.151. The number of piperidine rings is 1. The largest absolute Gasteiger partial charge is 0.465 e. The number of nitrogens with one attached hydrogen (secondary N) is 2. The van der Waals surface area contributed by atoms with E-state index in [9.17, 15) is 9.59 Å². The lowest BCUT2D eigenvalue weighted by Crippen LogP contribution is -2.47. The predicted octanol–water partition coefficient (Wildman–Crippen LogP) is 3.26. The molecule has 3 amide bonds. The third-order valence-electron chi connectivity index (χ3n) is 3.22. The van der Waals surface area contributed by atoms with Gasteiger partial charge in [-0.05, 0) is 31.0 Å². The van der Waals surface area contributed by atoms with Crippen LogP contribution in [0.3, 0.4) is 0 Å². The molecule has 1 heterocycles. The van der Waals surface area contributed by atoms with Crippen molar-refractivity contribution in [1.82, 2.24) is 10.2 Å². The first-order valence-corrected chi connectivity index (χ1v) is 7.21. The van der Waals surface area contributed by atoms with E-state index in [1.54, 1.807) is 23.1 Å². The van der Waals surface area contributed by atoms with Crippen molar-refractivity contribution in [1.29, 1.82) is 0 Å². The lowest BCUT2D eigenvalue weighted by molar-refractivity contribution is 0.171. The van der Waals surface area contributed by atoms with E-state index in [4.69, 9.17) is 28.3 Å². The van der Waals surface area contributed by atoms with Gasteiger partial charge in [0.1, 0.15) is 0 Å². The molecule has 1 saturated heterocycles. The number of urea groups is 1. The number of halogens is 2. The molecule has 1 aromatic rings. The van der Waals surface area contributed by atoms with Crippen molar-refractivity contribution >= 4 is 41.0 Å². The van der Waals surface area contributed by atoms with Crippen LogP contribution >= 0.6 is 23.2 Å². The molecule has 0 aromatic heterocycles. The van der Waals surface area contributed by atoms with Crippen LogP contribution in [0.5, 0.6) is 0 Å². The Labute approximate surface area is 132 Å². The van der Waals surface area contributed by atoms with Crippen LogP contribution in [-0.2, 0) is 0 Å². The highest BCUT2D eigenvalue weighted by Crippen LogP contribution is 2.23. The average Bonchev–Trinajstić information content (AvgIpc) is 2.37. The standard InChI is InChI=1S/C13H15Cl2N3O3/c14-8-5-9(15)7-11(6-8)16-12(19)18-3-1-10(2-4-18)17-13(20)21/h5-7,10,17H,1-4H2,(H,16,19)(H,20,21). The number of anilines is 1. The molecule has 1 aliphatic heterocycles. The molecule has 21 heavy (non-hydrogen) atoms. The Bertz CT molecular complexity index is 525. The summed E-state index contributed by atoms with van der Waals surface area (Å²) in [4.78, 5) is 24.3. The van der Waals surface area contributed by atoms with E-state index in [0.29, 0.717) is 41.7 Å². The third kappa shape index (κ3) is 4.68. The number of nitrogens with zero attached hydrogens (tertiary/aromatic N) is 1. The van der Waals surface area contributed by atoms with E-state index >= 15 is 0 Å². The van der Waals surface area contributed by atoms with E-state index in [1.165, 1.54) is 0 Å². The van der Waals surface area contributed by atoms with Crippen molar-refractivity contribution in [2.24, 2.45) is 0 Å². The van der Waals surface area contributed by atoms with Gasteiger partial charge in [-0.2, -0.15) is 0 Å². The van der Waals surface area contributed by atoms with Crippen LogP contribution < -0.4 is 10.6 Å². The van der Waals surface area contributed by atoms with Crippen molar-refractivity contribution in [3.63, 3.8) is 0 Å². The summed E-state index contributed by atoms with van der Waals surface area (Å²) in [6, 6.07) is 4.46. The molecule has 1 aromatic carbocycles. The number of hydrogen-bond acceptors (Lipinski definition) is 2. The lowest BCUT2D eigenvalue weighted by atomic mass is 10.1. The Balaban J connectivity index is 1.88. The lowest BCUT2D eigenvalue weighted by Gasteiger charge is -2.31. The molecule has 2 rings (SSSR count). The maximum atomic E-state index is 12.1. The summed E-state index contributed by atoms with van der Waals surface area (Å²) in [6.45, 7) is 0.982. The Morgan fingerprint density at radius 2 is 1.71 bits per heavy atom. The Kier molecular flexibility index (Phi) is 5.14. The van der Waals surface area contributed by atoms with Gasteiger partial charge < -0.3 is 20.6 Å². The van der Waals surface area contributed by atoms with Gasteiger partial charge in [0.15, 0.2) is 0 Å². The summed E-state index contributed by atoms with van der Waals surface area (Å²) < 4.78 is 0. The summed E-state index contributed by atoms with van der Waals surface area (Å²) in [7, 11) is 0. The second-order valence-corrected chi connectivity index (χ2v) is 5.67. The minimum Gasteiger partial charge on any atom is -0.465 e. The van der Waals surface area contributed by atoms with E-state index < -0.39 is 6.09 Å². The second kappa shape index (κ2) is 6.87. The molecule has 0 aliphatic carbocycles. The number of rotatable bonds is 2. The molecule has 1 aliphatic rings. The molecule has 8 heteroatoms. The molecule has 0 bridgehead atoms. The third-order valence-corrected chi connectivity index (χ3v) is 3.66. The van der Waals surface area contributed by atoms with E-state index in [-0.39, 0.29) is 12.1 Å². The molecule has 0 spiro atoms.